The molecular weight excluding hydrogens is 504 g/mol. The molecule has 0 aliphatic heterocycles. The minimum atomic E-state index is -0.539. The van der Waals surface area contributed by atoms with Crippen LogP contribution in [0, 0.1) is 5.41 Å². The van der Waals surface area contributed by atoms with Gasteiger partial charge in [-0.3, -0.25) is 14.4 Å². The molecule has 234 valence electrons. The van der Waals surface area contributed by atoms with Crippen molar-refractivity contribution in [3.8, 4) is 0 Å². The SMILES string of the molecule is C=C(C)CCC(=O)N[C@H](CCCCN(C)C)C(=O)N(CC)CC(C)(C)COCC(C)(C)N(CC)C(=O)CCCC. The lowest BCUT2D eigenvalue weighted by Crippen LogP contribution is -2.52. The third kappa shape index (κ3) is 15.8. The summed E-state index contributed by atoms with van der Waals surface area (Å²) in [6, 6.07) is -0.539. The summed E-state index contributed by atoms with van der Waals surface area (Å²) in [5, 5.41) is 3.01. The second-order valence-electron chi connectivity index (χ2n) is 12.9. The topological polar surface area (TPSA) is 82.2 Å². The molecule has 0 aromatic rings. The summed E-state index contributed by atoms with van der Waals surface area (Å²) < 4.78 is 6.19. The van der Waals surface area contributed by atoms with E-state index in [0.29, 0.717) is 58.5 Å². The summed E-state index contributed by atoms with van der Waals surface area (Å²) in [5.74, 6) is 0.0220. The van der Waals surface area contributed by atoms with Crippen molar-refractivity contribution in [3.63, 3.8) is 0 Å². The lowest BCUT2D eigenvalue weighted by atomic mass is 9.93. The number of nitrogens with one attached hydrogen (secondary N) is 1. The Hall–Kier alpha value is -1.93. The zero-order valence-electron chi connectivity index (χ0n) is 27.7. The van der Waals surface area contributed by atoms with E-state index in [-0.39, 0.29) is 23.1 Å². The van der Waals surface area contributed by atoms with E-state index in [1.165, 1.54) is 0 Å². The molecule has 40 heavy (non-hydrogen) atoms. The van der Waals surface area contributed by atoms with Crippen LogP contribution in [0.4, 0.5) is 0 Å². The molecule has 0 aromatic heterocycles. The second-order valence-corrected chi connectivity index (χ2v) is 12.9. The van der Waals surface area contributed by atoms with Gasteiger partial charge < -0.3 is 24.8 Å². The number of hydrogen-bond donors (Lipinski definition) is 1. The van der Waals surface area contributed by atoms with Gasteiger partial charge in [-0.2, -0.15) is 0 Å². The van der Waals surface area contributed by atoms with E-state index < -0.39 is 11.6 Å². The van der Waals surface area contributed by atoms with Crippen molar-refractivity contribution >= 4 is 17.7 Å². The highest BCUT2D eigenvalue weighted by atomic mass is 16.5. The van der Waals surface area contributed by atoms with Crippen molar-refractivity contribution in [2.45, 2.75) is 118 Å². The number of amides is 3. The minimum absolute atomic E-state index is 0.0388. The highest BCUT2D eigenvalue weighted by Gasteiger charge is 2.33. The Labute approximate surface area is 246 Å². The molecule has 0 rings (SSSR count). The number of unbranched alkanes of at least 4 members (excludes halogenated alkanes) is 2. The maximum atomic E-state index is 13.7. The molecule has 0 fully saturated rings. The lowest BCUT2D eigenvalue weighted by molar-refractivity contribution is -0.141. The number of allylic oxidation sites excluding steroid dienone is 1. The average Bonchev–Trinajstić information content (AvgIpc) is 2.85. The molecule has 0 aliphatic rings. The maximum absolute atomic E-state index is 13.7. The van der Waals surface area contributed by atoms with Gasteiger partial charge in [-0.1, -0.05) is 32.8 Å². The Kier molecular flexibility index (Phi) is 18.3. The quantitative estimate of drug-likeness (QED) is 0.143. The van der Waals surface area contributed by atoms with E-state index in [1.54, 1.807) is 0 Å². The number of rotatable bonds is 22. The number of likely N-dealkylation sites (N-methyl/N-ethyl adjacent to an activating group) is 2. The first-order chi connectivity index (χ1) is 18.6. The van der Waals surface area contributed by atoms with Gasteiger partial charge in [-0.25, -0.2) is 0 Å². The van der Waals surface area contributed by atoms with Crippen molar-refractivity contribution in [1.29, 1.82) is 0 Å². The summed E-state index contributed by atoms with van der Waals surface area (Å²) in [4.78, 5) is 44.9. The van der Waals surface area contributed by atoms with E-state index in [2.05, 4.69) is 37.6 Å². The molecule has 1 atom stereocenters. The van der Waals surface area contributed by atoms with Crippen LogP contribution in [0.1, 0.15) is 107 Å². The fourth-order valence-corrected chi connectivity index (χ4v) is 4.82. The van der Waals surface area contributed by atoms with E-state index in [1.807, 2.05) is 58.5 Å². The van der Waals surface area contributed by atoms with Gasteiger partial charge in [0.05, 0.1) is 18.8 Å². The molecule has 0 unspecified atom stereocenters. The largest absolute Gasteiger partial charge is 0.378 e. The summed E-state index contributed by atoms with van der Waals surface area (Å²) in [5.41, 5.74) is 0.239. The van der Waals surface area contributed by atoms with Crippen molar-refractivity contribution in [2.75, 3.05) is 53.5 Å². The molecule has 8 nitrogen and oxygen atoms in total. The molecule has 3 amide bonds. The van der Waals surface area contributed by atoms with Crippen LogP contribution < -0.4 is 5.32 Å². The first-order valence-corrected chi connectivity index (χ1v) is 15.4. The van der Waals surface area contributed by atoms with E-state index >= 15 is 0 Å². The monoisotopic (exact) mass is 566 g/mol. The van der Waals surface area contributed by atoms with E-state index in [4.69, 9.17) is 4.74 Å². The Morgan fingerprint density at radius 2 is 1.55 bits per heavy atom. The van der Waals surface area contributed by atoms with Gasteiger partial charge in [0, 0.05) is 37.9 Å². The maximum Gasteiger partial charge on any atom is 0.245 e. The Bertz CT molecular complexity index is 779. The molecule has 0 spiro atoms. The summed E-state index contributed by atoms with van der Waals surface area (Å²) in [6.45, 7) is 23.7. The number of carbonyl (C=O) groups is 3. The van der Waals surface area contributed by atoms with Crippen LogP contribution in [0.5, 0.6) is 0 Å². The Morgan fingerprint density at radius 3 is 2.08 bits per heavy atom. The van der Waals surface area contributed by atoms with E-state index in [9.17, 15) is 14.4 Å². The van der Waals surface area contributed by atoms with Crippen molar-refractivity contribution in [2.24, 2.45) is 5.41 Å². The molecule has 0 aromatic carbocycles. The summed E-state index contributed by atoms with van der Waals surface area (Å²) >= 11 is 0. The van der Waals surface area contributed by atoms with Crippen LogP contribution in [0.3, 0.4) is 0 Å². The molecule has 8 heteroatoms. The molecule has 0 radical (unpaired) electrons. The molecule has 0 aliphatic carbocycles. The van der Waals surface area contributed by atoms with Crippen LogP contribution in [-0.2, 0) is 19.1 Å². The number of nitrogens with zero attached hydrogens (tertiary/aromatic N) is 3. The van der Waals surface area contributed by atoms with Gasteiger partial charge in [-0.15, -0.1) is 6.58 Å². The minimum Gasteiger partial charge on any atom is -0.378 e. The smallest absolute Gasteiger partial charge is 0.245 e. The first-order valence-electron chi connectivity index (χ1n) is 15.4. The van der Waals surface area contributed by atoms with Crippen molar-refractivity contribution in [1.82, 2.24) is 20.0 Å². The van der Waals surface area contributed by atoms with Gasteiger partial charge in [0.1, 0.15) is 6.04 Å². The summed E-state index contributed by atoms with van der Waals surface area (Å²) in [6.07, 6.45) is 5.86. The molecule has 0 saturated carbocycles. The van der Waals surface area contributed by atoms with Crippen LogP contribution >= 0.6 is 0 Å². The first kappa shape index (κ1) is 38.1. The zero-order valence-corrected chi connectivity index (χ0v) is 27.7. The Balaban J connectivity index is 5.29. The van der Waals surface area contributed by atoms with Gasteiger partial charge >= 0.3 is 0 Å². The fourth-order valence-electron chi connectivity index (χ4n) is 4.82. The standard InChI is InChI=1S/C32H62N4O4/c1-12-15-19-29(38)36(14-3)32(8,9)25-40-24-31(6,7)23-35(13-2)30(39)27(18-16-17-22-34(10)11)33-28(37)21-20-26(4)5/h27H,4,12-25H2,1-3,5-11H3,(H,33,37)/t27-/m1/s1. The third-order valence-corrected chi connectivity index (χ3v) is 7.11. The second kappa shape index (κ2) is 19.2. The predicted molar refractivity (Wildman–Crippen MR) is 166 cm³/mol. The van der Waals surface area contributed by atoms with Gasteiger partial charge in [0.25, 0.3) is 0 Å². The van der Waals surface area contributed by atoms with Crippen molar-refractivity contribution in [3.05, 3.63) is 12.2 Å². The molecule has 1 N–H and O–H groups in total. The van der Waals surface area contributed by atoms with Crippen LogP contribution in [0.2, 0.25) is 0 Å². The average molecular weight is 567 g/mol. The molecule has 0 saturated heterocycles. The summed E-state index contributed by atoms with van der Waals surface area (Å²) in [7, 11) is 4.08. The molecular formula is C32H62N4O4. The van der Waals surface area contributed by atoms with Gasteiger partial charge in [-0.05, 0) is 87.4 Å². The van der Waals surface area contributed by atoms with Crippen LogP contribution in [0.15, 0.2) is 12.2 Å². The third-order valence-electron chi connectivity index (χ3n) is 7.11. The number of ether oxygens (including phenoxy) is 1. The van der Waals surface area contributed by atoms with E-state index in [0.717, 1.165) is 37.8 Å². The zero-order chi connectivity index (χ0) is 30.9. The number of hydrogen-bond acceptors (Lipinski definition) is 5. The molecule has 0 bridgehead atoms. The lowest BCUT2D eigenvalue weighted by Gasteiger charge is -2.39. The highest BCUT2D eigenvalue weighted by Crippen LogP contribution is 2.22. The number of carbonyl (C=O) groups excluding carboxylic acids is 3. The van der Waals surface area contributed by atoms with Gasteiger partial charge in [0.15, 0.2) is 0 Å². The normalized spacial score (nSPS) is 12.8. The fraction of sp³-hybridized carbons (Fsp3) is 0.844. The van der Waals surface area contributed by atoms with Crippen LogP contribution in [-0.4, -0.2) is 97.5 Å². The highest BCUT2D eigenvalue weighted by molar-refractivity contribution is 5.87. The molecule has 0 heterocycles. The van der Waals surface area contributed by atoms with Gasteiger partial charge in [0.2, 0.25) is 17.7 Å². The van der Waals surface area contributed by atoms with Crippen molar-refractivity contribution < 1.29 is 19.1 Å². The Morgan fingerprint density at radius 1 is 0.900 bits per heavy atom. The predicted octanol–water partition coefficient (Wildman–Crippen LogP) is 5.27. The van der Waals surface area contributed by atoms with Crippen LogP contribution in [0.25, 0.3) is 0 Å².